The number of nitrogens with two attached hydrogens (primary N) is 3. The number of guanidine groups is 1. The number of primary amides is 1. The van der Waals surface area contributed by atoms with E-state index < -0.39 is 201 Å². The highest BCUT2D eigenvalue weighted by Gasteiger charge is 2.37. The lowest BCUT2D eigenvalue weighted by Gasteiger charge is -2.29. The Bertz CT molecular complexity index is 3090. The second kappa shape index (κ2) is 39.9. The normalized spacial score (nSPS) is 14.5. The van der Waals surface area contributed by atoms with E-state index in [1.807, 2.05) is 5.32 Å². The number of carbonyl (C=O) groups is 13. The third-order valence-corrected chi connectivity index (χ3v) is 14.2. The number of hydrogen-bond donors (Lipinski definition) is 20. The molecule has 23 N–H and O–H groups in total. The molecule has 10 amide bonds. The first-order valence-electron chi connectivity index (χ1n) is 30.0. The predicted molar refractivity (Wildman–Crippen MR) is 335 cm³/mol. The molecule has 0 aliphatic carbocycles. The number of aliphatic hydroxyl groups excluding tert-OH is 2. The summed E-state index contributed by atoms with van der Waals surface area (Å²) >= 11 is 0. The number of aromatic hydroxyl groups is 1. The van der Waals surface area contributed by atoms with Gasteiger partial charge >= 0.3 is 17.9 Å². The van der Waals surface area contributed by atoms with Crippen LogP contribution in [0.15, 0.2) is 84.9 Å². The molecule has 3 aromatic carbocycles. The molecule has 0 spiro atoms. The summed E-state index contributed by atoms with van der Waals surface area (Å²) in [5.41, 5.74) is 18.5. The molecule has 33 nitrogen and oxygen atoms in total. The second-order valence-electron chi connectivity index (χ2n) is 22.6. The maximum Gasteiger partial charge on any atom is 0.328 e. The maximum atomic E-state index is 14.7. The Kier molecular flexibility index (Phi) is 33.1. The first kappa shape index (κ1) is 78.0. The van der Waals surface area contributed by atoms with Gasteiger partial charge in [0.25, 0.3) is 0 Å². The molecule has 0 aliphatic heterocycles. The van der Waals surface area contributed by atoms with E-state index >= 15 is 0 Å². The highest BCUT2D eigenvalue weighted by Crippen LogP contribution is 2.15. The van der Waals surface area contributed by atoms with E-state index in [0.29, 0.717) is 11.1 Å². The standard InChI is InChI=1S/C61H86N14O19/c1-32(2)27-43(72-53(86)42(22-25-49(82)83)68-52(85)41(21-24-48(80)81)69-57(90)44(29-35-13-8-5-9-14-35)71-51(84)38(62)28-34-11-6-4-7-12-34)56(89)73-45(30-36-16-18-37(78)19-17-36)58(91)67-39(15-10-26-66-61(64)65)55(88)75-50(33(3)77)59(92)70-40(20-23-47(63)79)54(87)74-46(31-76)60(93)94/h4-9,11-14,16-19,32-33,38-46,50,76-78H,10,15,20-31,62H2,1-3H3,(H2,63,79)(H,67,91)(H,68,85)(H,69,90)(H,70,92)(H,71,84)(H,72,86)(H,73,89)(H,74,87)(H,75,88)(H,80,81)(H,82,83)(H,93,94)(H4,64,65,66)/t33-,38+,39+,40+,41+,42+,43+,44+,45+,46+,50+/m1/s1. The third-order valence-electron chi connectivity index (χ3n) is 14.2. The molecule has 0 aliphatic rings. The van der Waals surface area contributed by atoms with Crippen molar-refractivity contribution >= 4 is 82.9 Å². The van der Waals surface area contributed by atoms with Crippen molar-refractivity contribution in [1.82, 2.24) is 53.2 Å². The zero-order valence-electron chi connectivity index (χ0n) is 52.1. The van der Waals surface area contributed by atoms with Gasteiger partial charge in [-0.25, -0.2) is 4.79 Å². The summed E-state index contributed by atoms with van der Waals surface area (Å²) in [6.45, 7) is 3.24. The number of aliphatic carboxylic acids is 3. The van der Waals surface area contributed by atoms with Crippen LogP contribution >= 0.6 is 0 Å². The lowest BCUT2D eigenvalue weighted by atomic mass is 9.99. The van der Waals surface area contributed by atoms with Crippen molar-refractivity contribution in [3.8, 4) is 5.75 Å². The zero-order valence-corrected chi connectivity index (χ0v) is 52.1. The van der Waals surface area contributed by atoms with Crippen molar-refractivity contribution in [3.63, 3.8) is 0 Å². The topological polar surface area (TPSA) is 565 Å². The monoisotopic (exact) mass is 1320 g/mol. The first-order chi connectivity index (χ1) is 44.4. The number of amides is 10. The van der Waals surface area contributed by atoms with E-state index in [-0.39, 0.29) is 50.8 Å². The molecular formula is C61H86N14O19. The minimum Gasteiger partial charge on any atom is -0.508 e. The van der Waals surface area contributed by atoms with Crippen molar-refractivity contribution in [2.24, 2.45) is 23.1 Å². The minimum atomic E-state index is -1.95. The highest BCUT2D eigenvalue weighted by atomic mass is 16.4. The van der Waals surface area contributed by atoms with Crippen LogP contribution < -0.4 is 70.4 Å². The average Bonchev–Trinajstić information content (AvgIpc) is 1.00. The van der Waals surface area contributed by atoms with E-state index in [1.54, 1.807) is 74.5 Å². The summed E-state index contributed by atoms with van der Waals surface area (Å²) in [6.07, 6.45) is -6.46. The summed E-state index contributed by atoms with van der Waals surface area (Å²) in [6, 6.07) is 5.92. The highest BCUT2D eigenvalue weighted by molar-refractivity contribution is 5.99. The fourth-order valence-corrected chi connectivity index (χ4v) is 9.25. The summed E-state index contributed by atoms with van der Waals surface area (Å²) in [5.74, 6) is -16.3. The fraction of sp³-hybridized carbons (Fsp3) is 0.475. The van der Waals surface area contributed by atoms with E-state index in [1.165, 1.54) is 24.3 Å². The van der Waals surface area contributed by atoms with Gasteiger partial charge in [0, 0.05) is 38.6 Å². The minimum absolute atomic E-state index is 0.0318. The SMILES string of the molecule is CC(C)C[C@H](NC(=O)[C@H](CCC(=O)O)NC(=O)[C@H](CCC(=O)O)NC(=O)[C@H](Cc1ccccc1)NC(=O)[C@@H](N)Cc1ccccc1)C(=O)N[C@@H](Cc1ccc(O)cc1)C(=O)N[C@@H](CCCNC(=N)N)C(=O)N[C@H](C(=O)N[C@@H](CCC(N)=O)C(=O)N[C@@H](CO)C(=O)O)[C@@H](C)O. The molecule has 11 atom stereocenters. The molecule has 0 fully saturated rings. The Labute approximate surface area is 540 Å². The number of carbonyl (C=O) groups excluding carboxylic acids is 10. The number of nitrogens with one attached hydrogen (secondary N) is 11. The van der Waals surface area contributed by atoms with Gasteiger partial charge in [0.1, 0.15) is 60.1 Å². The van der Waals surface area contributed by atoms with Gasteiger partial charge in [-0.15, -0.1) is 0 Å². The van der Waals surface area contributed by atoms with Gasteiger partial charge in [-0.3, -0.25) is 62.9 Å². The number of rotatable bonds is 42. The van der Waals surface area contributed by atoms with Gasteiger partial charge in [0.05, 0.1) is 18.8 Å². The van der Waals surface area contributed by atoms with Crippen LogP contribution in [0.2, 0.25) is 0 Å². The van der Waals surface area contributed by atoms with Gasteiger partial charge < -0.3 is 101 Å². The molecule has 33 heteroatoms. The average molecular weight is 1320 g/mol. The number of phenolic OH excluding ortho intramolecular Hbond substituents is 1. The van der Waals surface area contributed by atoms with Crippen LogP contribution in [0.1, 0.15) is 95.2 Å². The number of aliphatic hydroxyl groups is 2. The Morgan fingerprint density at radius 3 is 1.26 bits per heavy atom. The predicted octanol–water partition coefficient (Wildman–Crippen LogP) is -4.13. The van der Waals surface area contributed by atoms with E-state index in [0.717, 1.165) is 12.5 Å². The van der Waals surface area contributed by atoms with Crippen LogP contribution in [-0.2, 0) is 81.6 Å². The molecule has 0 bridgehead atoms. The number of carboxylic acid groups (broad SMARTS) is 3. The summed E-state index contributed by atoms with van der Waals surface area (Å²) in [7, 11) is 0. The molecule has 0 aromatic heterocycles. The molecule has 3 aromatic rings. The van der Waals surface area contributed by atoms with Crippen LogP contribution in [0, 0.1) is 11.3 Å². The number of hydrogen-bond acceptors (Lipinski definition) is 18. The quantitative estimate of drug-likeness (QED) is 0.0146. The van der Waals surface area contributed by atoms with Gasteiger partial charge in [-0.05, 0) is 86.6 Å². The summed E-state index contributed by atoms with van der Waals surface area (Å²) < 4.78 is 0. The first-order valence-corrected chi connectivity index (χ1v) is 30.0. The Morgan fingerprint density at radius 1 is 0.457 bits per heavy atom. The van der Waals surface area contributed by atoms with Gasteiger partial charge in [-0.1, -0.05) is 86.6 Å². The van der Waals surface area contributed by atoms with E-state index in [2.05, 4.69) is 47.9 Å². The number of benzene rings is 3. The molecule has 0 saturated heterocycles. The largest absolute Gasteiger partial charge is 0.508 e. The van der Waals surface area contributed by atoms with Crippen LogP contribution in [0.5, 0.6) is 5.75 Å². The van der Waals surface area contributed by atoms with Crippen molar-refractivity contribution in [3.05, 3.63) is 102 Å². The molecule has 0 heterocycles. The maximum absolute atomic E-state index is 14.7. The summed E-state index contributed by atoms with van der Waals surface area (Å²) in [4.78, 5) is 174. The smallest absolute Gasteiger partial charge is 0.328 e. The van der Waals surface area contributed by atoms with Crippen molar-refractivity contribution in [2.75, 3.05) is 13.2 Å². The Morgan fingerprint density at radius 2 is 0.830 bits per heavy atom. The molecular weight excluding hydrogens is 1230 g/mol. The molecule has 514 valence electrons. The second-order valence-corrected chi connectivity index (χ2v) is 22.6. The Hall–Kier alpha value is -10.3. The van der Waals surface area contributed by atoms with Crippen LogP contribution in [0.4, 0.5) is 0 Å². The van der Waals surface area contributed by atoms with Crippen molar-refractivity contribution in [1.29, 1.82) is 5.41 Å². The van der Waals surface area contributed by atoms with E-state index in [4.69, 9.17) is 22.6 Å². The van der Waals surface area contributed by atoms with Gasteiger partial charge in [0.2, 0.25) is 59.1 Å². The third kappa shape index (κ3) is 28.9. The summed E-state index contributed by atoms with van der Waals surface area (Å²) in [5, 5.41) is 90.8. The van der Waals surface area contributed by atoms with Crippen LogP contribution in [0.25, 0.3) is 0 Å². The van der Waals surface area contributed by atoms with Gasteiger partial charge in [0.15, 0.2) is 5.96 Å². The van der Waals surface area contributed by atoms with Gasteiger partial charge in [-0.2, -0.15) is 0 Å². The number of phenols is 1. The lowest BCUT2D eigenvalue weighted by molar-refractivity contribution is -0.143. The van der Waals surface area contributed by atoms with Crippen LogP contribution in [0.3, 0.4) is 0 Å². The molecule has 3 rings (SSSR count). The molecule has 0 unspecified atom stereocenters. The van der Waals surface area contributed by atoms with Crippen LogP contribution in [-0.4, -0.2) is 193 Å². The Balaban J connectivity index is 2.01. The fourth-order valence-electron chi connectivity index (χ4n) is 9.25. The number of carboxylic acids is 3. The van der Waals surface area contributed by atoms with E-state index in [9.17, 15) is 93.0 Å². The van der Waals surface area contributed by atoms with Crippen molar-refractivity contribution < 1.29 is 93.0 Å². The molecule has 0 saturated carbocycles. The lowest BCUT2D eigenvalue weighted by Crippen LogP contribution is -2.62. The van der Waals surface area contributed by atoms with Crippen molar-refractivity contribution in [2.45, 2.75) is 164 Å². The molecule has 0 radical (unpaired) electrons. The zero-order chi connectivity index (χ0) is 70.2. The molecule has 94 heavy (non-hydrogen) atoms.